The molecule has 3 rings (SSSR count). The van der Waals surface area contributed by atoms with E-state index in [2.05, 4.69) is 4.98 Å². The van der Waals surface area contributed by atoms with Crippen LogP contribution in [0.5, 0.6) is 0 Å². The summed E-state index contributed by atoms with van der Waals surface area (Å²) in [5.41, 5.74) is 4.32. The lowest BCUT2D eigenvalue weighted by molar-refractivity contribution is -0.524. The molecule has 1 aliphatic rings. The van der Waals surface area contributed by atoms with Crippen LogP contribution < -0.4 is 0 Å². The molecule has 19 heavy (non-hydrogen) atoms. The Balaban J connectivity index is 2.25. The number of nitrogens with one attached hydrogen (secondary N) is 1. The number of hydrogen-bond donors (Lipinski definition) is 1. The molecule has 2 aromatic rings. The van der Waals surface area contributed by atoms with E-state index < -0.39 is 6.04 Å². The van der Waals surface area contributed by atoms with E-state index in [1.807, 2.05) is 44.3 Å². The highest BCUT2D eigenvalue weighted by Crippen LogP contribution is 2.39. The van der Waals surface area contributed by atoms with Gasteiger partial charge in [0.05, 0.1) is 5.92 Å². The Bertz CT molecular complexity index is 681. The molecule has 0 spiro atoms. The lowest BCUT2D eigenvalue weighted by Gasteiger charge is -2.24. The monoisotopic (exact) mass is 256 g/mol. The summed E-state index contributed by atoms with van der Waals surface area (Å²) in [5, 5.41) is 12.5. The first kappa shape index (κ1) is 12.0. The first-order valence-electron chi connectivity index (χ1n) is 6.45. The van der Waals surface area contributed by atoms with Crippen molar-refractivity contribution in [1.82, 2.24) is 4.98 Å². The van der Waals surface area contributed by atoms with E-state index in [9.17, 15) is 10.1 Å². The van der Waals surface area contributed by atoms with Gasteiger partial charge in [-0.2, -0.15) is 0 Å². The minimum Gasteiger partial charge on any atom is -0.361 e. The number of nitrogens with zero attached hydrogens (tertiary/aromatic N) is 1. The standard InChI is InChI=1S/C15H16N2O2/c1-9(2)6-12-11-4-3-5-13-15(11)10(8-16-13)7-14(12)17(18)19/h3-6,8,12,14,16H,7H2,1-2H3/t12-,14+/m0/s1. The highest BCUT2D eigenvalue weighted by Gasteiger charge is 2.37. The maximum absolute atomic E-state index is 11.4. The molecule has 4 nitrogen and oxygen atoms in total. The molecule has 0 unspecified atom stereocenters. The summed E-state index contributed by atoms with van der Waals surface area (Å²) in [6.07, 6.45) is 4.43. The van der Waals surface area contributed by atoms with Gasteiger partial charge in [0, 0.05) is 28.4 Å². The molecule has 1 aliphatic carbocycles. The Kier molecular flexibility index (Phi) is 2.66. The molecule has 0 saturated carbocycles. The van der Waals surface area contributed by atoms with Crippen LogP contribution in [-0.4, -0.2) is 15.9 Å². The average molecular weight is 256 g/mol. The molecule has 0 bridgehead atoms. The van der Waals surface area contributed by atoms with Gasteiger partial charge in [-0.3, -0.25) is 10.1 Å². The van der Waals surface area contributed by atoms with E-state index in [1.165, 1.54) is 5.39 Å². The third kappa shape index (κ3) is 1.84. The van der Waals surface area contributed by atoms with Crippen molar-refractivity contribution in [2.24, 2.45) is 0 Å². The van der Waals surface area contributed by atoms with Crippen LogP contribution in [0.3, 0.4) is 0 Å². The maximum Gasteiger partial charge on any atom is 0.227 e. The smallest absolute Gasteiger partial charge is 0.227 e. The zero-order valence-electron chi connectivity index (χ0n) is 11.0. The molecule has 2 atom stereocenters. The second kappa shape index (κ2) is 4.23. The van der Waals surface area contributed by atoms with Crippen LogP contribution in [0.2, 0.25) is 0 Å². The van der Waals surface area contributed by atoms with Crippen molar-refractivity contribution >= 4 is 10.9 Å². The Labute approximate surface area is 111 Å². The third-order valence-corrected chi connectivity index (χ3v) is 3.81. The molecule has 1 N–H and O–H groups in total. The van der Waals surface area contributed by atoms with Gasteiger partial charge < -0.3 is 4.98 Å². The third-order valence-electron chi connectivity index (χ3n) is 3.81. The van der Waals surface area contributed by atoms with Gasteiger partial charge in [0.1, 0.15) is 0 Å². The van der Waals surface area contributed by atoms with Gasteiger partial charge in [0.15, 0.2) is 0 Å². The summed E-state index contributed by atoms with van der Waals surface area (Å²) in [4.78, 5) is 14.4. The van der Waals surface area contributed by atoms with Gasteiger partial charge in [-0.15, -0.1) is 0 Å². The van der Waals surface area contributed by atoms with Gasteiger partial charge in [-0.1, -0.05) is 23.8 Å². The molecule has 0 radical (unpaired) electrons. The predicted octanol–water partition coefficient (Wildman–Crippen LogP) is 3.42. The molecule has 0 aliphatic heterocycles. The van der Waals surface area contributed by atoms with Gasteiger partial charge >= 0.3 is 0 Å². The largest absolute Gasteiger partial charge is 0.361 e. The second-order valence-electron chi connectivity index (χ2n) is 5.41. The topological polar surface area (TPSA) is 58.9 Å². The first-order valence-corrected chi connectivity index (χ1v) is 6.45. The van der Waals surface area contributed by atoms with Crippen LogP contribution in [0.15, 0.2) is 36.0 Å². The Morgan fingerprint density at radius 2 is 2.26 bits per heavy atom. The zero-order valence-corrected chi connectivity index (χ0v) is 11.0. The molecular formula is C15H16N2O2. The van der Waals surface area contributed by atoms with E-state index in [1.54, 1.807) is 0 Å². The van der Waals surface area contributed by atoms with Crippen LogP contribution in [0.1, 0.15) is 30.9 Å². The maximum atomic E-state index is 11.4. The molecular weight excluding hydrogens is 240 g/mol. The van der Waals surface area contributed by atoms with Gasteiger partial charge in [-0.25, -0.2) is 0 Å². The number of aromatic amines is 1. The van der Waals surface area contributed by atoms with Crippen LogP contribution in [0.25, 0.3) is 10.9 Å². The van der Waals surface area contributed by atoms with Crippen LogP contribution in [0, 0.1) is 10.1 Å². The fourth-order valence-corrected chi connectivity index (χ4v) is 3.05. The van der Waals surface area contributed by atoms with Gasteiger partial charge in [0.2, 0.25) is 6.04 Å². The summed E-state index contributed by atoms with van der Waals surface area (Å²) in [6, 6.07) is 5.43. The lowest BCUT2D eigenvalue weighted by Crippen LogP contribution is -2.31. The second-order valence-corrected chi connectivity index (χ2v) is 5.41. The van der Waals surface area contributed by atoms with E-state index in [0.29, 0.717) is 6.42 Å². The van der Waals surface area contributed by atoms with Gasteiger partial charge in [-0.05, 0) is 31.0 Å². The lowest BCUT2D eigenvalue weighted by atomic mass is 9.79. The molecule has 98 valence electrons. The number of H-pyrrole nitrogens is 1. The Morgan fingerprint density at radius 1 is 1.47 bits per heavy atom. The SMILES string of the molecule is CC(C)=C[C@H]1c2cccc3[nH]cc(c23)C[C@H]1[N+](=O)[O-]. The number of nitro groups is 1. The van der Waals surface area contributed by atoms with Crippen molar-refractivity contribution in [1.29, 1.82) is 0 Å². The van der Waals surface area contributed by atoms with Crippen molar-refractivity contribution in [3.05, 3.63) is 57.3 Å². The summed E-state index contributed by atoms with van der Waals surface area (Å²) >= 11 is 0. The summed E-state index contributed by atoms with van der Waals surface area (Å²) in [7, 11) is 0. The number of benzene rings is 1. The summed E-state index contributed by atoms with van der Waals surface area (Å²) < 4.78 is 0. The van der Waals surface area contributed by atoms with E-state index in [4.69, 9.17) is 0 Å². The van der Waals surface area contributed by atoms with E-state index in [0.717, 1.165) is 22.2 Å². The van der Waals surface area contributed by atoms with Crippen molar-refractivity contribution in [3.8, 4) is 0 Å². The zero-order chi connectivity index (χ0) is 13.6. The minimum absolute atomic E-state index is 0.132. The number of allylic oxidation sites excluding steroid dienone is 1. The van der Waals surface area contributed by atoms with Crippen molar-refractivity contribution in [2.75, 3.05) is 0 Å². The molecule has 1 aromatic carbocycles. The molecule has 0 amide bonds. The quantitative estimate of drug-likeness (QED) is 0.508. The Morgan fingerprint density at radius 3 is 2.95 bits per heavy atom. The molecule has 1 aromatic heterocycles. The minimum atomic E-state index is -0.566. The van der Waals surface area contributed by atoms with Gasteiger partial charge in [0.25, 0.3) is 0 Å². The number of rotatable bonds is 2. The van der Waals surface area contributed by atoms with Crippen LogP contribution in [0.4, 0.5) is 0 Å². The van der Waals surface area contributed by atoms with Crippen molar-refractivity contribution in [3.63, 3.8) is 0 Å². The summed E-state index contributed by atoms with van der Waals surface area (Å²) in [6.45, 7) is 3.98. The number of aromatic nitrogens is 1. The average Bonchev–Trinajstić information content (AvgIpc) is 2.76. The van der Waals surface area contributed by atoms with Crippen molar-refractivity contribution < 1.29 is 4.92 Å². The highest BCUT2D eigenvalue weighted by molar-refractivity contribution is 5.88. The fraction of sp³-hybridized carbons (Fsp3) is 0.333. The van der Waals surface area contributed by atoms with Crippen molar-refractivity contribution in [2.45, 2.75) is 32.2 Å². The molecule has 0 fully saturated rings. The molecule has 0 saturated heterocycles. The fourth-order valence-electron chi connectivity index (χ4n) is 3.05. The van der Waals surface area contributed by atoms with E-state index >= 15 is 0 Å². The first-order chi connectivity index (χ1) is 9.08. The number of hydrogen-bond acceptors (Lipinski definition) is 2. The Hall–Kier alpha value is -2.10. The van der Waals surface area contributed by atoms with Crippen LogP contribution >= 0.6 is 0 Å². The predicted molar refractivity (Wildman–Crippen MR) is 75.0 cm³/mol. The summed E-state index contributed by atoms with van der Waals surface area (Å²) in [5.74, 6) is -0.132. The van der Waals surface area contributed by atoms with E-state index in [-0.39, 0.29) is 10.8 Å². The molecule has 4 heteroatoms. The molecule has 1 heterocycles. The van der Waals surface area contributed by atoms with Crippen LogP contribution in [-0.2, 0) is 6.42 Å². The normalized spacial score (nSPS) is 21.4. The highest BCUT2D eigenvalue weighted by atomic mass is 16.6.